The number of likely N-dealkylation sites (N-methyl/N-ethyl adjacent to an activating group) is 1. The van der Waals surface area contributed by atoms with Crippen LogP contribution in [0.4, 0.5) is 0 Å². The Morgan fingerprint density at radius 2 is 1.86 bits per heavy atom. The zero-order chi connectivity index (χ0) is 11.5. The van der Waals surface area contributed by atoms with Gasteiger partial charge in [0.05, 0.1) is 0 Å². The van der Waals surface area contributed by atoms with Gasteiger partial charge in [-0.15, -0.1) is 0 Å². The molecule has 0 aliphatic heterocycles. The van der Waals surface area contributed by atoms with E-state index in [9.17, 15) is 18.0 Å². The summed E-state index contributed by atoms with van der Waals surface area (Å²) in [5, 5.41) is 8.56. The summed E-state index contributed by atoms with van der Waals surface area (Å²) >= 11 is 0. The van der Waals surface area contributed by atoms with E-state index in [1.54, 1.807) is 0 Å². The molecule has 0 radical (unpaired) electrons. The molecule has 7 heteroatoms. The minimum Gasteiger partial charge on any atom is -0.480 e. The summed E-state index contributed by atoms with van der Waals surface area (Å²) in [6, 6.07) is -1.02. The van der Waals surface area contributed by atoms with Crippen LogP contribution in [0, 0.1) is 0 Å². The van der Waals surface area contributed by atoms with Crippen molar-refractivity contribution >= 4 is 21.7 Å². The molecule has 0 aromatic carbocycles. The van der Waals surface area contributed by atoms with Gasteiger partial charge in [0.1, 0.15) is 11.8 Å². The fourth-order valence-corrected chi connectivity index (χ4v) is 1.36. The van der Waals surface area contributed by atoms with E-state index in [0.29, 0.717) is 0 Å². The molecule has 0 aromatic rings. The Balaban J connectivity index is 4.49. The highest BCUT2D eigenvalue weighted by atomic mass is 32.2. The SMILES string of the molecule is CC(C(=O)O)N(C)C(=O)CS(C)(=O)=O. The van der Waals surface area contributed by atoms with Crippen LogP contribution in [0.3, 0.4) is 0 Å². The van der Waals surface area contributed by atoms with E-state index in [2.05, 4.69) is 0 Å². The van der Waals surface area contributed by atoms with Crippen molar-refractivity contribution in [2.24, 2.45) is 0 Å². The topological polar surface area (TPSA) is 91.8 Å². The number of hydrogen-bond donors (Lipinski definition) is 1. The highest BCUT2D eigenvalue weighted by molar-refractivity contribution is 7.91. The van der Waals surface area contributed by atoms with Crippen LogP contribution in [0.1, 0.15) is 6.92 Å². The zero-order valence-corrected chi connectivity index (χ0v) is 9.04. The molecule has 1 atom stereocenters. The molecule has 1 N–H and O–H groups in total. The number of sulfone groups is 1. The van der Waals surface area contributed by atoms with Gasteiger partial charge in [-0.3, -0.25) is 4.79 Å². The van der Waals surface area contributed by atoms with Crippen molar-refractivity contribution in [1.29, 1.82) is 0 Å². The van der Waals surface area contributed by atoms with Crippen molar-refractivity contribution in [3.63, 3.8) is 0 Å². The van der Waals surface area contributed by atoms with Gasteiger partial charge < -0.3 is 10.0 Å². The molecule has 0 aromatic heterocycles. The van der Waals surface area contributed by atoms with E-state index >= 15 is 0 Å². The first kappa shape index (κ1) is 12.9. The fraction of sp³-hybridized carbons (Fsp3) is 0.714. The molecule has 14 heavy (non-hydrogen) atoms. The van der Waals surface area contributed by atoms with Gasteiger partial charge in [0.15, 0.2) is 9.84 Å². The molecule has 0 heterocycles. The largest absolute Gasteiger partial charge is 0.480 e. The van der Waals surface area contributed by atoms with Crippen LogP contribution in [0.25, 0.3) is 0 Å². The standard InChI is InChI=1S/C7H13NO5S/c1-5(7(10)11)8(2)6(9)4-14(3,12)13/h5H,4H2,1-3H3,(H,10,11). The van der Waals surface area contributed by atoms with Crippen molar-refractivity contribution < 1.29 is 23.1 Å². The van der Waals surface area contributed by atoms with E-state index in [1.807, 2.05) is 0 Å². The molecular formula is C7H13NO5S. The summed E-state index contributed by atoms with van der Waals surface area (Å²) < 4.78 is 21.5. The minimum atomic E-state index is -3.41. The van der Waals surface area contributed by atoms with Crippen LogP contribution in [0.15, 0.2) is 0 Å². The van der Waals surface area contributed by atoms with Crippen LogP contribution in [-0.2, 0) is 19.4 Å². The van der Waals surface area contributed by atoms with Gasteiger partial charge in [-0.05, 0) is 6.92 Å². The molecule has 0 aliphatic rings. The molecule has 6 nitrogen and oxygen atoms in total. The number of carboxylic acids is 1. The maximum atomic E-state index is 11.2. The first-order valence-corrected chi connectivity index (χ1v) is 5.87. The van der Waals surface area contributed by atoms with Crippen LogP contribution < -0.4 is 0 Å². The normalized spacial score (nSPS) is 13.4. The molecule has 1 unspecified atom stereocenters. The Bertz CT molecular complexity index is 334. The first-order valence-electron chi connectivity index (χ1n) is 3.81. The first-order chi connectivity index (χ1) is 6.15. The van der Waals surface area contributed by atoms with Crippen molar-refractivity contribution in [3.05, 3.63) is 0 Å². The summed E-state index contributed by atoms with van der Waals surface area (Å²) in [6.07, 6.45) is 0.921. The highest BCUT2D eigenvalue weighted by Gasteiger charge is 2.23. The van der Waals surface area contributed by atoms with Crippen molar-refractivity contribution in [1.82, 2.24) is 4.90 Å². The van der Waals surface area contributed by atoms with Crippen LogP contribution >= 0.6 is 0 Å². The number of amides is 1. The van der Waals surface area contributed by atoms with E-state index in [4.69, 9.17) is 5.11 Å². The second-order valence-electron chi connectivity index (χ2n) is 3.09. The predicted octanol–water partition coefficient (Wildman–Crippen LogP) is -1.04. The van der Waals surface area contributed by atoms with Crippen LogP contribution in [0.5, 0.6) is 0 Å². The smallest absolute Gasteiger partial charge is 0.326 e. The zero-order valence-electron chi connectivity index (χ0n) is 8.22. The van der Waals surface area contributed by atoms with Gasteiger partial charge in [-0.1, -0.05) is 0 Å². The van der Waals surface area contributed by atoms with Crippen molar-refractivity contribution in [2.45, 2.75) is 13.0 Å². The van der Waals surface area contributed by atoms with E-state index < -0.39 is 33.5 Å². The fourth-order valence-electron chi connectivity index (χ4n) is 0.708. The second kappa shape index (κ2) is 4.41. The third kappa shape index (κ3) is 4.22. The minimum absolute atomic E-state index is 0.666. The predicted molar refractivity (Wildman–Crippen MR) is 49.6 cm³/mol. The van der Waals surface area contributed by atoms with Crippen LogP contribution in [-0.4, -0.2) is 55.4 Å². The average molecular weight is 223 g/mol. The van der Waals surface area contributed by atoms with E-state index in [1.165, 1.54) is 14.0 Å². The molecule has 0 bridgehead atoms. The molecule has 0 saturated carbocycles. The Morgan fingerprint density at radius 1 is 1.43 bits per heavy atom. The van der Waals surface area contributed by atoms with E-state index in [0.717, 1.165) is 11.2 Å². The van der Waals surface area contributed by atoms with Gasteiger partial charge in [0, 0.05) is 13.3 Å². The average Bonchev–Trinajstić information content (AvgIpc) is 1.98. The second-order valence-corrected chi connectivity index (χ2v) is 5.23. The lowest BCUT2D eigenvalue weighted by molar-refractivity contribution is -0.147. The molecule has 82 valence electrons. The maximum absolute atomic E-state index is 11.2. The number of nitrogens with zero attached hydrogens (tertiary/aromatic N) is 1. The summed E-state index contributed by atoms with van der Waals surface area (Å²) in [4.78, 5) is 22.5. The van der Waals surface area contributed by atoms with Crippen molar-refractivity contribution in [3.8, 4) is 0 Å². The van der Waals surface area contributed by atoms with Gasteiger partial charge in [-0.25, -0.2) is 13.2 Å². The summed E-state index contributed by atoms with van der Waals surface area (Å²) in [7, 11) is -2.16. The van der Waals surface area contributed by atoms with Crippen LogP contribution in [0.2, 0.25) is 0 Å². The monoisotopic (exact) mass is 223 g/mol. The van der Waals surface area contributed by atoms with Gasteiger partial charge >= 0.3 is 5.97 Å². The summed E-state index contributed by atoms with van der Waals surface area (Å²) in [6.45, 7) is 1.31. The highest BCUT2D eigenvalue weighted by Crippen LogP contribution is 1.98. The molecule has 0 fully saturated rings. The van der Waals surface area contributed by atoms with Gasteiger partial charge in [-0.2, -0.15) is 0 Å². The number of hydrogen-bond acceptors (Lipinski definition) is 4. The lowest BCUT2D eigenvalue weighted by Crippen LogP contribution is -2.42. The Morgan fingerprint density at radius 3 is 2.14 bits per heavy atom. The lowest BCUT2D eigenvalue weighted by Gasteiger charge is -2.20. The number of carbonyl (C=O) groups is 2. The molecular weight excluding hydrogens is 210 g/mol. The maximum Gasteiger partial charge on any atom is 0.326 e. The molecule has 0 aliphatic carbocycles. The third-order valence-corrected chi connectivity index (χ3v) is 2.49. The Kier molecular flexibility index (Phi) is 4.06. The van der Waals surface area contributed by atoms with Crippen molar-refractivity contribution in [2.75, 3.05) is 19.1 Å². The summed E-state index contributed by atoms with van der Waals surface area (Å²) in [5.74, 6) is -2.56. The molecule has 0 rings (SSSR count). The molecule has 0 spiro atoms. The quantitative estimate of drug-likeness (QED) is 0.657. The van der Waals surface area contributed by atoms with Gasteiger partial charge in [0.25, 0.3) is 0 Å². The molecule has 1 amide bonds. The lowest BCUT2D eigenvalue weighted by atomic mass is 10.3. The number of carboxylic acid groups (broad SMARTS) is 1. The van der Waals surface area contributed by atoms with E-state index in [-0.39, 0.29) is 0 Å². The summed E-state index contributed by atoms with van der Waals surface area (Å²) in [5.41, 5.74) is 0. The number of aliphatic carboxylic acids is 1. The number of rotatable bonds is 4. The number of carbonyl (C=O) groups excluding carboxylic acids is 1. The Hall–Kier alpha value is -1.11. The van der Waals surface area contributed by atoms with Gasteiger partial charge in [0.2, 0.25) is 5.91 Å². The Labute approximate surface area is 82.4 Å². The third-order valence-electron chi connectivity index (χ3n) is 1.72. The molecule has 0 saturated heterocycles.